The number of rotatable bonds is 5. The lowest BCUT2D eigenvalue weighted by Crippen LogP contribution is -2.51. The molecule has 2 aromatic carbocycles. The van der Waals surface area contributed by atoms with Crippen LogP contribution in [0.15, 0.2) is 59.5 Å². The van der Waals surface area contributed by atoms with Crippen LogP contribution in [0.4, 0.5) is 0 Å². The molecule has 3 nitrogen and oxygen atoms in total. The van der Waals surface area contributed by atoms with Crippen LogP contribution in [0.1, 0.15) is 42.1 Å². The Morgan fingerprint density at radius 3 is 2.50 bits per heavy atom. The van der Waals surface area contributed by atoms with E-state index in [0.29, 0.717) is 0 Å². The van der Waals surface area contributed by atoms with Gasteiger partial charge in [0.15, 0.2) is 0 Å². The van der Waals surface area contributed by atoms with Crippen molar-refractivity contribution in [1.29, 1.82) is 0 Å². The van der Waals surface area contributed by atoms with Crippen molar-refractivity contribution >= 4 is 30.1 Å². The molecule has 2 atom stereocenters. The number of nitrogens with zero attached hydrogens (tertiary/aromatic N) is 1. The molecule has 2 N–H and O–H groups in total. The summed E-state index contributed by atoms with van der Waals surface area (Å²) in [5, 5.41) is 0. The number of nitrogens with two attached hydrogens (primary N) is 1. The molecule has 140 valence electrons. The van der Waals surface area contributed by atoms with Gasteiger partial charge in [-0.15, -0.1) is 24.2 Å². The fourth-order valence-corrected chi connectivity index (χ4v) is 4.21. The van der Waals surface area contributed by atoms with Gasteiger partial charge in [0.25, 0.3) is 5.91 Å². The number of carbonyl (C=O) groups excluding carboxylic acids is 1. The van der Waals surface area contributed by atoms with E-state index in [1.807, 2.05) is 42.2 Å². The predicted molar refractivity (Wildman–Crippen MR) is 112 cm³/mol. The van der Waals surface area contributed by atoms with Gasteiger partial charge in [0.1, 0.15) is 0 Å². The first-order chi connectivity index (χ1) is 12.1. The first kappa shape index (κ1) is 20.8. The summed E-state index contributed by atoms with van der Waals surface area (Å²) in [5.74, 6) is 1.05. The lowest BCUT2D eigenvalue weighted by Gasteiger charge is -2.38. The first-order valence-electron chi connectivity index (χ1n) is 8.98. The largest absolute Gasteiger partial charge is 0.334 e. The van der Waals surface area contributed by atoms with Crippen LogP contribution in [0.2, 0.25) is 0 Å². The Bertz CT molecular complexity index is 691. The van der Waals surface area contributed by atoms with Crippen LogP contribution < -0.4 is 5.73 Å². The van der Waals surface area contributed by atoms with Gasteiger partial charge in [-0.1, -0.05) is 30.3 Å². The zero-order chi connectivity index (χ0) is 17.6. The van der Waals surface area contributed by atoms with Gasteiger partial charge in [0.2, 0.25) is 0 Å². The smallest absolute Gasteiger partial charge is 0.254 e. The summed E-state index contributed by atoms with van der Waals surface area (Å²) in [5.41, 5.74) is 8.16. The van der Waals surface area contributed by atoms with Crippen LogP contribution in [-0.4, -0.2) is 29.4 Å². The number of amides is 1. The van der Waals surface area contributed by atoms with E-state index in [1.165, 1.54) is 10.5 Å². The minimum Gasteiger partial charge on any atom is -0.334 e. The molecule has 0 spiro atoms. The number of carbonyl (C=O) groups is 1. The Kier molecular flexibility index (Phi) is 8.01. The van der Waals surface area contributed by atoms with E-state index in [-0.39, 0.29) is 30.4 Å². The lowest BCUT2D eigenvalue weighted by atomic mass is 9.96. The molecule has 0 aromatic heterocycles. The average Bonchev–Trinajstić information content (AvgIpc) is 2.67. The summed E-state index contributed by atoms with van der Waals surface area (Å²) in [6.07, 6.45) is 3.24. The summed E-state index contributed by atoms with van der Waals surface area (Å²) in [7, 11) is 0. The Balaban J connectivity index is 0.00000243. The Morgan fingerprint density at radius 1 is 1.15 bits per heavy atom. The monoisotopic (exact) mass is 390 g/mol. The van der Waals surface area contributed by atoms with Crippen molar-refractivity contribution < 1.29 is 4.79 Å². The number of piperidine rings is 1. The van der Waals surface area contributed by atoms with Gasteiger partial charge in [-0.05, 0) is 56.0 Å². The summed E-state index contributed by atoms with van der Waals surface area (Å²) in [4.78, 5) is 16.0. The highest BCUT2D eigenvalue weighted by Gasteiger charge is 2.29. The molecule has 1 fully saturated rings. The second-order valence-electron chi connectivity index (χ2n) is 6.72. The summed E-state index contributed by atoms with van der Waals surface area (Å²) in [6.45, 7) is 2.81. The van der Waals surface area contributed by atoms with Gasteiger partial charge in [-0.2, -0.15) is 0 Å². The maximum absolute atomic E-state index is 12.9. The van der Waals surface area contributed by atoms with Crippen LogP contribution in [0.25, 0.3) is 0 Å². The fraction of sp³-hybridized carbons (Fsp3) is 0.381. The van der Waals surface area contributed by atoms with Crippen molar-refractivity contribution in [3.63, 3.8) is 0 Å². The summed E-state index contributed by atoms with van der Waals surface area (Å²) in [6, 6.07) is 18.6. The molecule has 2 unspecified atom stereocenters. The molecule has 1 saturated heterocycles. The summed E-state index contributed by atoms with van der Waals surface area (Å²) < 4.78 is 0. The molecular formula is C21H27ClN2OS. The van der Waals surface area contributed by atoms with Gasteiger partial charge in [-0.3, -0.25) is 4.79 Å². The maximum Gasteiger partial charge on any atom is 0.254 e. The summed E-state index contributed by atoms with van der Waals surface area (Å²) >= 11 is 1.79. The van der Waals surface area contributed by atoms with Crippen LogP contribution in [0.5, 0.6) is 0 Å². The van der Waals surface area contributed by atoms with Crippen molar-refractivity contribution in [2.75, 3.05) is 6.54 Å². The molecule has 0 aliphatic carbocycles. The molecule has 0 saturated carbocycles. The predicted octanol–water partition coefficient (Wildman–Crippen LogP) is 4.74. The lowest BCUT2D eigenvalue weighted by molar-refractivity contribution is 0.0584. The number of thioether (sulfide) groups is 1. The molecule has 3 rings (SSSR count). The SMILES string of the molecule is CC(N)C1CCCCN1C(=O)c1ccc(SCc2ccccc2)cc1.Cl. The standard InChI is InChI=1S/C21H26N2OS.ClH/c1-16(22)20-9-5-6-14-23(20)21(24)18-10-12-19(13-11-18)25-15-17-7-3-2-4-8-17;/h2-4,7-8,10-13,16,20H,5-6,9,14-15,22H2,1H3;1H. The van der Waals surface area contributed by atoms with Crippen LogP contribution in [0, 0.1) is 0 Å². The molecule has 5 heteroatoms. The van der Waals surface area contributed by atoms with Gasteiger partial charge in [-0.25, -0.2) is 0 Å². The number of benzene rings is 2. The quantitative estimate of drug-likeness (QED) is 0.750. The maximum atomic E-state index is 12.9. The van der Waals surface area contributed by atoms with Gasteiger partial charge in [0.05, 0.1) is 0 Å². The van der Waals surface area contributed by atoms with Crippen molar-refractivity contribution in [2.45, 2.75) is 48.9 Å². The molecule has 0 bridgehead atoms. The zero-order valence-electron chi connectivity index (χ0n) is 15.1. The van der Waals surface area contributed by atoms with E-state index >= 15 is 0 Å². The van der Waals surface area contributed by atoms with Crippen molar-refractivity contribution in [3.8, 4) is 0 Å². The Hall–Kier alpha value is -1.49. The number of hydrogen-bond donors (Lipinski definition) is 1. The molecule has 1 aliphatic rings. The number of halogens is 1. The molecule has 1 aliphatic heterocycles. The second kappa shape index (κ2) is 10.0. The Labute approximate surface area is 166 Å². The zero-order valence-corrected chi connectivity index (χ0v) is 16.8. The molecule has 1 heterocycles. The highest BCUT2D eigenvalue weighted by Crippen LogP contribution is 2.25. The van der Waals surface area contributed by atoms with Crippen molar-refractivity contribution in [2.24, 2.45) is 5.73 Å². The number of likely N-dealkylation sites (tertiary alicyclic amines) is 1. The van der Waals surface area contributed by atoms with Crippen LogP contribution in [0.3, 0.4) is 0 Å². The normalized spacial score (nSPS) is 18.1. The molecule has 0 radical (unpaired) electrons. The Morgan fingerprint density at radius 2 is 1.85 bits per heavy atom. The van der Waals surface area contributed by atoms with E-state index < -0.39 is 0 Å². The van der Waals surface area contributed by atoms with Crippen LogP contribution >= 0.6 is 24.2 Å². The molecule has 2 aromatic rings. The molecular weight excluding hydrogens is 364 g/mol. The molecule has 1 amide bonds. The molecule has 26 heavy (non-hydrogen) atoms. The topological polar surface area (TPSA) is 46.3 Å². The highest BCUT2D eigenvalue weighted by atomic mass is 35.5. The third-order valence-corrected chi connectivity index (χ3v) is 5.85. The third-order valence-electron chi connectivity index (χ3n) is 4.77. The van der Waals surface area contributed by atoms with E-state index in [2.05, 4.69) is 24.3 Å². The second-order valence-corrected chi connectivity index (χ2v) is 7.77. The third kappa shape index (κ3) is 5.26. The minimum atomic E-state index is 0. The van der Waals surface area contributed by atoms with E-state index in [0.717, 1.165) is 37.1 Å². The van der Waals surface area contributed by atoms with E-state index in [1.54, 1.807) is 11.8 Å². The van der Waals surface area contributed by atoms with E-state index in [4.69, 9.17) is 5.73 Å². The van der Waals surface area contributed by atoms with Crippen LogP contribution in [-0.2, 0) is 5.75 Å². The van der Waals surface area contributed by atoms with Crippen molar-refractivity contribution in [1.82, 2.24) is 4.90 Å². The average molecular weight is 391 g/mol. The number of hydrogen-bond acceptors (Lipinski definition) is 3. The highest BCUT2D eigenvalue weighted by molar-refractivity contribution is 7.98. The van der Waals surface area contributed by atoms with Gasteiger partial charge in [0, 0.05) is 34.8 Å². The minimum absolute atomic E-state index is 0. The first-order valence-corrected chi connectivity index (χ1v) is 9.97. The fourth-order valence-electron chi connectivity index (χ4n) is 3.36. The van der Waals surface area contributed by atoms with E-state index in [9.17, 15) is 4.79 Å². The van der Waals surface area contributed by atoms with Gasteiger partial charge >= 0.3 is 0 Å². The van der Waals surface area contributed by atoms with Gasteiger partial charge < -0.3 is 10.6 Å². The van der Waals surface area contributed by atoms with Crippen molar-refractivity contribution in [3.05, 3.63) is 65.7 Å².